The molecule has 2 aliphatic heterocycles. The number of carbonyl (C=O) groups excluding carboxylic acids is 1. The van der Waals surface area contributed by atoms with Crippen molar-refractivity contribution in [3.05, 3.63) is 0 Å². The fraction of sp³-hybridized carbons (Fsp3) is 0.938. The van der Waals surface area contributed by atoms with Crippen molar-refractivity contribution < 1.29 is 4.79 Å². The summed E-state index contributed by atoms with van der Waals surface area (Å²) in [6.45, 7) is 11.0. The monoisotopic (exact) mass is 302 g/mol. The third kappa shape index (κ3) is 4.92. The summed E-state index contributed by atoms with van der Waals surface area (Å²) in [5.74, 6) is 3.01. The molecule has 2 aliphatic rings. The Morgan fingerprint density at radius 2 is 1.75 bits per heavy atom. The lowest BCUT2D eigenvalue weighted by Crippen LogP contribution is -2.43. The Balaban J connectivity index is 0.00000200. The van der Waals surface area contributed by atoms with Crippen molar-refractivity contribution in [1.29, 1.82) is 0 Å². The van der Waals surface area contributed by atoms with Crippen LogP contribution in [0.4, 0.5) is 0 Å². The number of nitrogens with zero attached hydrogens (tertiary/aromatic N) is 1. The van der Waals surface area contributed by atoms with Crippen LogP contribution in [0.1, 0.15) is 46.5 Å². The second-order valence-electron chi connectivity index (χ2n) is 7.01. The number of carbonyl (C=O) groups is 1. The molecule has 2 heterocycles. The summed E-state index contributed by atoms with van der Waals surface area (Å²) in [5, 5.41) is 3.40. The lowest BCUT2D eigenvalue weighted by Gasteiger charge is -2.36. The van der Waals surface area contributed by atoms with Crippen LogP contribution in [-0.4, -0.2) is 37.0 Å². The topological polar surface area (TPSA) is 32.3 Å². The normalized spacial score (nSPS) is 29.6. The molecule has 0 radical (unpaired) electrons. The largest absolute Gasteiger partial charge is 0.342 e. The number of nitrogens with one attached hydrogen (secondary N) is 1. The molecule has 0 bridgehead atoms. The van der Waals surface area contributed by atoms with Gasteiger partial charge in [0.15, 0.2) is 0 Å². The van der Waals surface area contributed by atoms with Crippen molar-refractivity contribution in [3.8, 4) is 0 Å². The van der Waals surface area contributed by atoms with E-state index in [0.29, 0.717) is 23.7 Å². The van der Waals surface area contributed by atoms with Crippen molar-refractivity contribution in [2.45, 2.75) is 46.5 Å². The van der Waals surface area contributed by atoms with Gasteiger partial charge in [0.25, 0.3) is 0 Å². The zero-order valence-electron chi connectivity index (χ0n) is 13.2. The number of rotatable bonds is 3. The maximum Gasteiger partial charge on any atom is 0.222 e. The average molecular weight is 303 g/mol. The van der Waals surface area contributed by atoms with E-state index in [4.69, 9.17) is 0 Å². The van der Waals surface area contributed by atoms with Crippen molar-refractivity contribution in [2.75, 3.05) is 26.2 Å². The van der Waals surface area contributed by atoms with Gasteiger partial charge in [0.2, 0.25) is 5.91 Å². The van der Waals surface area contributed by atoms with E-state index in [1.54, 1.807) is 0 Å². The Morgan fingerprint density at radius 3 is 2.30 bits per heavy atom. The summed E-state index contributed by atoms with van der Waals surface area (Å²) in [6, 6.07) is 0. The van der Waals surface area contributed by atoms with Gasteiger partial charge in [-0.25, -0.2) is 0 Å². The number of likely N-dealkylation sites (tertiary alicyclic amines) is 1. The summed E-state index contributed by atoms with van der Waals surface area (Å²) >= 11 is 0. The maximum atomic E-state index is 12.5. The first kappa shape index (κ1) is 17.8. The molecule has 20 heavy (non-hydrogen) atoms. The fourth-order valence-corrected chi connectivity index (χ4v) is 3.85. The molecule has 3 atom stereocenters. The molecule has 2 fully saturated rings. The first-order chi connectivity index (χ1) is 9.06. The average Bonchev–Trinajstić information content (AvgIpc) is 2.38. The minimum absolute atomic E-state index is 0. The fourth-order valence-electron chi connectivity index (χ4n) is 3.85. The van der Waals surface area contributed by atoms with E-state index in [9.17, 15) is 4.79 Å². The summed E-state index contributed by atoms with van der Waals surface area (Å²) in [6.07, 6.45) is 4.50. The van der Waals surface area contributed by atoms with Gasteiger partial charge in [-0.2, -0.15) is 0 Å². The van der Waals surface area contributed by atoms with Crippen LogP contribution in [0.3, 0.4) is 0 Å². The second kappa shape index (κ2) is 8.23. The van der Waals surface area contributed by atoms with Crippen LogP contribution in [0, 0.1) is 23.7 Å². The Labute approximate surface area is 130 Å². The Bertz CT molecular complexity index is 295. The predicted octanol–water partition coefficient (Wildman–Crippen LogP) is 2.94. The third-order valence-electron chi connectivity index (χ3n) is 4.91. The van der Waals surface area contributed by atoms with E-state index in [1.807, 2.05) is 0 Å². The summed E-state index contributed by atoms with van der Waals surface area (Å²) in [7, 11) is 0. The first-order valence-corrected chi connectivity index (χ1v) is 8.04. The SMILES string of the molecule is CC1CC(C)CN(C(=O)CC(C)C2CCNCC2)C1.Cl. The first-order valence-electron chi connectivity index (χ1n) is 8.04. The van der Waals surface area contributed by atoms with E-state index < -0.39 is 0 Å². The molecule has 3 unspecified atom stereocenters. The molecular weight excluding hydrogens is 272 g/mol. The molecule has 1 amide bonds. The van der Waals surface area contributed by atoms with Crippen molar-refractivity contribution >= 4 is 18.3 Å². The van der Waals surface area contributed by atoms with Gasteiger partial charge in [-0.1, -0.05) is 20.8 Å². The maximum absolute atomic E-state index is 12.5. The van der Waals surface area contributed by atoms with Crippen molar-refractivity contribution in [1.82, 2.24) is 10.2 Å². The Morgan fingerprint density at radius 1 is 1.20 bits per heavy atom. The Kier molecular flexibility index (Phi) is 7.32. The van der Waals surface area contributed by atoms with Crippen LogP contribution in [0.25, 0.3) is 0 Å². The minimum atomic E-state index is 0. The summed E-state index contributed by atoms with van der Waals surface area (Å²) in [4.78, 5) is 14.6. The van der Waals surface area contributed by atoms with Crippen LogP contribution in [0.5, 0.6) is 0 Å². The van der Waals surface area contributed by atoms with Gasteiger partial charge in [-0.15, -0.1) is 12.4 Å². The van der Waals surface area contributed by atoms with Gasteiger partial charge < -0.3 is 10.2 Å². The molecule has 0 aromatic heterocycles. The minimum Gasteiger partial charge on any atom is -0.342 e. The lowest BCUT2D eigenvalue weighted by molar-refractivity contribution is -0.135. The van der Waals surface area contributed by atoms with Gasteiger partial charge in [0, 0.05) is 19.5 Å². The summed E-state index contributed by atoms with van der Waals surface area (Å²) in [5.41, 5.74) is 0. The highest BCUT2D eigenvalue weighted by atomic mass is 35.5. The highest BCUT2D eigenvalue weighted by Gasteiger charge is 2.28. The smallest absolute Gasteiger partial charge is 0.222 e. The molecule has 118 valence electrons. The Hall–Kier alpha value is -0.280. The second-order valence-corrected chi connectivity index (χ2v) is 7.01. The number of hydrogen-bond acceptors (Lipinski definition) is 2. The van der Waals surface area contributed by atoms with Gasteiger partial charge in [-0.05, 0) is 56.0 Å². The standard InChI is InChI=1S/C16H30N2O.ClH/c1-12-8-13(2)11-18(10-12)16(19)9-14(3)15-4-6-17-7-5-15;/h12-15,17H,4-11H2,1-3H3;1H. The number of piperidine rings is 2. The van der Waals surface area contributed by atoms with Gasteiger partial charge in [0.05, 0.1) is 0 Å². The molecule has 0 aliphatic carbocycles. The van der Waals surface area contributed by atoms with Crippen molar-refractivity contribution in [3.63, 3.8) is 0 Å². The van der Waals surface area contributed by atoms with Gasteiger partial charge in [-0.3, -0.25) is 4.79 Å². The van der Waals surface area contributed by atoms with Crippen molar-refractivity contribution in [2.24, 2.45) is 23.7 Å². The van der Waals surface area contributed by atoms with Crippen LogP contribution < -0.4 is 5.32 Å². The molecule has 2 saturated heterocycles. The molecule has 4 heteroatoms. The van der Waals surface area contributed by atoms with E-state index in [1.165, 1.54) is 19.3 Å². The van der Waals surface area contributed by atoms with E-state index >= 15 is 0 Å². The predicted molar refractivity (Wildman–Crippen MR) is 86.1 cm³/mol. The van der Waals surface area contributed by atoms with E-state index in [-0.39, 0.29) is 12.4 Å². The van der Waals surface area contributed by atoms with Crippen LogP contribution >= 0.6 is 12.4 Å². The number of hydrogen-bond donors (Lipinski definition) is 1. The molecule has 0 aromatic carbocycles. The molecule has 3 nitrogen and oxygen atoms in total. The van der Waals surface area contributed by atoms with E-state index in [0.717, 1.165) is 38.5 Å². The number of halogens is 1. The molecule has 0 aromatic rings. The molecular formula is C16H31ClN2O. The van der Waals surface area contributed by atoms with Crippen LogP contribution in [-0.2, 0) is 4.79 Å². The van der Waals surface area contributed by atoms with E-state index in [2.05, 4.69) is 31.0 Å². The van der Waals surface area contributed by atoms with Gasteiger partial charge >= 0.3 is 0 Å². The number of amides is 1. The van der Waals surface area contributed by atoms with Crippen LogP contribution in [0.15, 0.2) is 0 Å². The third-order valence-corrected chi connectivity index (χ3v) is 4.91. The zero-order chi connectivity index (χ0) is 13.8. The molecule has 0 spiro atoms. The summed E-state index contributed by atoms with van der Waals surface area (Å²) < 4.78 is 0. The zero-order valence-corrected chi connectivity index (χ0v) is 14.0. The molecule has 0 saturated carbocycles. The molecule has 2 rings (SSSR count). The quantitative estimate of drug-likeness (QED) is 0.869. The highest BCUT2D eigenvalue weighted by molar-refractivity contribution is 5.85. The lowest BCUT2D eigenvalue weighted by atomic mass is 9.83. The molecule has 1 N–H and O–H groups in total. The highest BCUT2D eigenvalue weighted by Crippen LogP contribution is 2.27. The van der Waals surface area contributed by atoms with Gasteiger partial charge in [0.1, 0.15) is 0 Å². The van der Waals surface area contributed by atoms with Crippen LogP contribution in [0.2, 0.25) is 0 Å².